The molecule has 0 heterocycles. The normalized spacial score (nSPS) is 9.55. The number of rotatable bonds is 6. The van der Waals surface area contributed by atoms with Crippen LogP contribution in [0.25, 0.3) is 0 Å². The molecule has 0 unspecified atom stereocenters. The molecule has 0 bridgehead atoms. The third-order valence-electron chi connectivity index (χ3n) is 1.22. The average Bonchev–Trinajstić information content (AvgIpc) is 1.96. The summed E-state index contributed by atoms with van der Waals surface area (Å²) >= 11 is 1.81. The molecule has 0 aliphatic heterocycles. The minimum absolute atomic E-state index is 0.337. The van der Waals surface area contributed by atoms with Crippen LogP contribution in [0.1, 0.15) is 19.3 Å². The molecule has 0 spiro atoms. The lowest BCUT2D eigenvalue weighted by molar-refractivity contribution is 0.0901. The highest BCUT2D eigenvalue weighted by atomic mass is 32.2. The lowest BCUT2D eigenvalue weighted by Crippen LogP contribution is -2.01. The van der Waals surface area contributed by atoms with E-state index in [0.29, 0.717) is 6.61 Å². The van der Waals surface area contributed by atoms with Crippen molar-refractivity contribution in [2.24, 2.45) is 0 Å². The van der Waals surface area contributed by atoms with Crippen molar-refractivity contribution >= 4 is 17.9 Å². The first-order chi connectivity index (χ1) is 5.27. The van der Waals surface area contributed by atoms with Crippen LogP contribution in [0.2, 0.25) is 0 Å². The summed E-state index contributed by atoms with van der Waals surface area (Å²) in [5, 5.41) is 8.09. The molecule has 0 aromatic rings. The molecule has 11 heavy (non-hydrogen) atoms. The number of thioether (sulfide) groups is 1. The number of hydrogen-bond donors (Lipinski definition) is 1. The van der Waals surface area contributed by atoms with Crippen molar-refractivity contribution in [1.29, 1.82) is 0 Å². The van der Waals surface area contributed by atoms with Gasteiger partial charge in [0.25, 0.3) is 0 Å². The molecule has 0 aromatic carbocycles. The fourth-order valence-electron chi connectivity index (χ4n) is 0.685. The molecular weight excluding hydrogens is 164 g/mol. The van der Waals surface area contributed by atoms with E-state index in [1.54, 1.807) is 0 Å². The van der Waals surface area contributed by atoms with Gasteiger partial charge in [0.05, 0.1) is 6.61 Å². The summed E-state index contributed by atoms with van der Waals surface area (Å²) in [5.41, 5.74) is 0. The lowest BCUT2D eigenvalue weighted by Gasteiger charge is -1.99. The van der Waals surface area contributed by atoms with Crippen LogP contribution in [0.4, 0.5) is 4.79 Å². The largest absolute Gasteiger partial charge is 0.505 e. The minimum atomic E-state index is -1.17. The number of hydrogen-bond acceptors (Lipinski definition) is 3. The van der Waals surface area contributed by atoms with Gasteiger partial charge in [0, 0.05) is 0 Å². The van der Waals surface area contributed by atoms with E-state index in [1.165, 1.54) is 0 Å². The third-order valence-corrected chi connectivity index (χ3v) is 1.92. The highest BCUT2D eigenvalue weighted by molar-refractivity contribution is 7.98. The molecule has 0 rings (SSSR count). The summed E-state index contributed by atoms with van der Waals surface area (Å²) < 4.78 is 4.33. The van der Waals surface area contributed by atoms with E-state index in [4.69, 9.17) is 5.11 Å². The van der Waals surface area contributed by atoms with E-state index in [-0.39, 0.29) is 0 Å². The fraction of sp³-hybridized carbons (Fsp3) is 0.857. The Morgan fingerprint density at radius 2 is 2.18 bits per heavy atom. The van der Waals surface area contributed by atoms with Gasteiger partial charge in [0.2, 0.25) is 0 Å². The summed E-state index contributed by atoms with van der Waals surface area (Å²) in [6.07, 6.45) is 3.92. The van der Waals surface area contributed by atoms with Gasteiger partial charge in [-0.25, -0.2) is 4.79 Å². The van der Waals surface area contributed by atoms with Crippen molar-refractivity contribution in [3.8, 4) is 0 Å². The fourth-order valence-corrected chi connectivity index (χ4v) is 1.18. The predicted octanol–water partition coefficient (Wildman–Crippen LogP) is 2.21. The van der Waals surface area contributed by atoms with Gasteiger partial charge in [-0.15, -0.1) is 0 Å². The Morgan fingerprint density at radius 1 is 1.45 bits per heavy atom. The van der Waals surface area contributed by atoms with Gasteiger partial charge in [-0.3, -0.25) is 0 Å². The summed E-state index contributed by atoms with van der Waals surface area (Å²) in [4.78, 5) is 9.86. The number of unbranched alkanes of at least 4 members (excludes halogenated alkanes) is 2. The Hall–Kier alpha value is -0.380. The van der Waals surface area contributed by atoms with Gasteiger partial charge >= 0.3 is 6.16 Å². The number of ether oxygens (including phenoxy) is 1. The molecule has 1 N–H and O–H groups in total. The first-order valence-electron chi connectivity index (χ1n) is 3.62. The van der Waals surface area contributed by atoms with Gasteiger partial charge in [0.15, 0.2) is 0 Å². The number of carboxylic acid groups (broad SMARTS) is 1. The van der Waals surface area contributed by atoms with E-state index in [0.717, 1.165) is 25.0 Å². The molecule has 4 heteroatoms. The van der Waals surface area contributed by atoms with Crippen LogP contribution in [0.15, 0.2) is 0 Å². The van der Waals surface area contributed by atoms with Gasteiger partial charge < -0.3 is 9.84 Å². The second kappa shape index (κ2) is 7.72. The zero-order chi connectivity index (χ0) is 8.53. The summed E-state index contributed by atoms with van der Waals surface area (Å²) in [7, 11) is 0. The van der Waals surface area contributed by atoms with E-state index in [1.807, 2.05) is 11.8 Å². The molecule has 66 valence electrons. The van der Waals surface area contributed by atoms with Crippen LogP contribution in [0.5, 0.6) is 0 Å². The van der Waals surface area contributed by atoms with Crippen LogP contribution < -0.4 is 0 Å². The van der Waals surface area contributed by atoms with Gasteiger partial charge in [-0.1, -0.05) is 0 Å². The predicted molar refractivity (Wildman–Crippen MR) is 46.2 cm³/mol. The standard InChI is InChI=1S/C7H14O3S/c1-11-6-4-2-3-5-10-7(8)9/h2-6H2,1H3,(H,8,9). The molecule has 0 saturated carbocycles. The molecule has 0 aliphatic carbocycles. The minimum Gasteiger partial charge on any atom is -0.450 e. The first kappa shape index (κ1) is 10.6. The smallest absolute Gasteiger partial charge is 0.450 e. The SMILES string of the molecule is CSCCCCCOC(=O)O. The molecule has 0 atom stereocenters. The van der Waals surface area contributed by atoms with Crippen molar-refractivity contribution in [3.05, 3.63) is 0 Å². The van der Waals surface area contributed by atoms with Crippen LogP contribution in [0.3, 0.4) is 0 Å². The van der Waals surface area contributed by atoms with Crippen molar-refractivity contribution in [2.75, 3.05) is 18.6 Å². The van der Waals surface area contributed by atoms with Gasteiger partial charge in [-0.2, -0.15) is 11.8 Å². The van der Waals surface area contributed by atoms with Crippen LogP contribution in [0, 0.1) is 0 Å². The Labute approximate surface area is 71.1 Å². The zero-order valence-corrected chi connectivity index (χ0v) is 7.52. The van der Waals surface area contributed by atoms with E-state index < -0.39 is 6.16 Å². The lowest BCUT2D eigenvalue weighted by atomic mass is 10.3. The van der Waals surface area contributed by atoms with E-state index in [9.17, 15) is 4.79 Å². The molecule has 3 nitrogen and oxygen atoms in total. The Kier molecular flexibility index (Phi) is 7.46. The van der Waals surface area contributed by atoms with Crippen molar-refractivity contribution in [3.63, 3.8) is 0 Å². The Balaban J connectivity index is 2.85. The maximum Gasteiger partial charge on any atom is 0.505 e. The average molecular weight is 178 g/mol. The van der Waals surface area contributed by atoms with Crippen molar-refractivity contribution < 1.29 is 14.6 Å². The molecule has 0 saturated heterocycles. The van der Waals surface area contributed by atoms with Crippen molar-refractivity contribution in [2.45, 2.75) is 19.3 Å². The highest BCUT2D eigenvalue weighted by Crippen LogP contribution is 2.01. The Morgan fingerprint density at radius 3 is 2.73 bits per heavy atom. The van der Waals surface area contributed by atoms with Crippen LogP contribution >= 0.6 is 11.8 Å². The van der Waals surface area contributed by atoms with E-state index >= 15 is 0 Å². The van der Waals surface area contributed by atoms with Crippen molar-refractivity contribution in [1.82, 2.24) is 0 Å². The van der Waals surface area contributed by atoms with Gasteiger partial charge in [-0.05, 0) is 31.3 Å². The summed E-state index contributed by atoms with van der Waals surface area (Å²) in [6.45, 7) is 0.337. The molecule has 0 radical (unpaired) electrons. The maximum atomic E-state index is 9.86. The third kappa shape index (κ3) is 9.62. The monoisotopic (exact) mass is 178 g/mol. The van der Waals surface area contributed by atoms with E-state index in [2.05, 4.69) is 11.0 Å². The molecule has 0 aromatic heterocycles. The zero-order valence-electron chi connectivity index (χ0n) is 6.71. The Bertz CT molecular complexity index is 106. The maximum absolute atomic E-state index is 9.86. The summed E-state index contributed by atoms with van der Waals surface area (Å²) in [5.74, 6) is 1.15. The number of carbonyl (C=O) groups is 1. The first-order valence-corrected chi connectivity index (χ1v) is 5.01. The summed E-state index contributed by atoms with van der Waals surface area (Å²) in [6, 6.07) is 0. The molecular formula is C7H14O3S. The quantitative estimate of drug-likeness (QED) is 0.500. The van der Waals surface area contributed by atoms with Gasteiger partial charge in [0.1, 0.15) is 0 Å². The highest BCUT2D eigenvalue weighted by Gasteiger charge is 1.94. The van der Waals surface area contributed by atoms with Crippen LogP contribution in [-0.4, -0.2) is 29.9 Å². The topological polar surface area (TPSA) is 46.5 Å². The molecule has 0 aliphatic rings. The second-order valence-corrected chi connectivity index (χ2v) is 3.15. The molecule has 0 amide bonds. The molecule has 0 fully saturated rings. The van der Waals surface area contributed by atoms with Crippen LogP contribution in [-0.2, 0) is 4.74 Å². The second-order valence-electron chi connectivity index (χ2n) is 2.17.